The van der Waals surface area contributed by atoms with E-state index < -0.39 is 0 Å². The lowest BCUT2D eigenvalue weighted by atomic mass is 10.0. The molecule has 7 heteroatoms. The van der Waals surface area contributed by atoms with E-state index in [9.17, 15) is 4.79 Å². The van der Waals surface area contributed by atoms with Crippen LogP contribution in [0.5, 0.6) is 0 Å². The second-order valence-corrected chi connectivity index (χ2v) is 8.20. The number of hydrogen-bond donors (Lipinski definition) is 1. The number of hydrogen-bond acceptors (Lipinski definition) is 3. The summed E-state index contributed by atoms with van der Waals surface area (Å²) >= 11 is 11.8. The zero-order chi connectivity index (χ0) is 20.2. The molecule has 2 aromatic rings. The highest BCUT2D eigenvalue weighted by Crippen LogP contribution is 2.30. The number of cyclic esters (lactones) is 1. The minimum absolute atomic E-state index is 0.180. The summed E-state index contributed by atoms with van der Waals surface area (Å²) < 4.78 is 5.61. The molecule has 29 heavy (non-hydrogen) atoms. The average Bonchev–Trinajstić information content (AvgIpc) is 3.15. The number of benzene rings is 2. The Bertz CT molecular complexity index is 871. The first-order valence-electron chi connectivity index (χ1n) is 9.90. The third-order valence-corrected chi connectivity index (χ3v) is 6.36. The van der Waals surface area contributed by atoms with E-state index in [0.29, 0.717) is 13.1 Å². The van der Waals surface area contributed by atoms with Crippen molar-refractivity contribution >= 4 is 35.0 Å². The predicted octanol–water partition coefficient (Wildman–Crippen LogP) is 4.37. The number of piperidine rings is 1. The maximum Gasteiger partial charge on any atom is 0.410 e. The van der Waals surface area contributed by atoms with Crippen LogP contribution in [0.1, 0.15) is 30.1 Å². The van der Waals surface area contributed by atoms with E-state index in [1.807, 2.05) is 59.5 Å². The predicted molar refractivity (Wildman–Crippen MR) is 118 cm³/mol. The highest BCUT2D eigenvalue weighted by molar-refractivity contribution is 7.80. The molecule has 5 nitrogen and oxygen atoms in total. The molecule has 2 heterocycles. The molecular weight excluding hydrogens is 406 g/mol. The average molecular weight is 430 g/mol. The molecule has 4 rings (SSSR count). The first-order chi connectivity index (χ1) is 14.1. The maximum absolute atomic E-state index is 12.4. The van der Waals surface area contributed by atoms with E-state index in [1.165, 1.54) is 0 Å². The molecule has 2 saturated heterocycles. The quantitative estimate of drug-likeness (QED) is 0.731. The summed E-state index contributed by atoms with van der Waals surface area (Å²) in [6.45, 7) is 2.86. The minimum atomic E-state index is -0.211. The fourth-order valence-corrected chi connectivity index (χ4v) is 4.38. The van der Waals surface area contributed by atoms with E-state index in [2.05, 4.69) is 10.2 Å². The van der Waals surface area contributed by atoms with Crippen molar-refractivity contribution in [3.8, 4) is 0 Å². The standard InChI is InChI=1S/C22H24ClN3O2S/c23-19-9-5-4-8-17(19)14-24-21(29)25-12-10-18(11-13-25)26-15-20(28-22(26)27)16-6-2-1-3-7-16/h1-9,18,20H,10-15H2,(H,24,29). The van der Waals surface area contributed by atoms with Gasteiger partial charge < -0.3 is 19.9 Å². The second-order valence-electron chi connectivity index (χ2n) is 7.40. The van der Waals surface area contributed by atoms with Crippen LogP contribution in [-0.4, -0.2) is 46.7 Å². The maximum atomic E-state index is 12.4. The topological polar surface area (TPSA) is 44.8 Å². The summed E-state index contributed by atoms with van der Waals surface area (Å²) in [5.74, 6) is 0. The van der Waals surface area contributed by atoms with Crippen molar-refractivity contribution < 1.29 is 9.53 Å². The number of carbonyl (C=O) groups excluding carboxylic acids is 1. The van der Waals surface area contributed by atoms with Crippen molar-refractivity contribution in [1.82, 2.24) is 15.1 Å². The highest BCUT2D eigenvalue weighted by atomic mass is 35.5. The molecule has 2 aromatic carbocycles. The van der Waals surface area contributed by atoms with Crippen LogP contribution in [0.4, 0.5) is 4.79 Å². The van der Waals surface area contributed by atoms with Crippen molar-refractivity contribution in [2.75, 3.05) is 19.6 Å². The molecule has 1 unspecified atom stereocenters. The molecule has 0 saturated carbocycles. The highest BCUT2D eigenvalue weighted by Gasteiger charge is 2.38. The van der Waals surface area contributed by atoms with Crippen molar-refractivity contribution in [1.29, 1.82) is 0 Å². The number of likely N-dealkylation sites (tertiary alicyclic amines) is 1. The lowest BCUT2D eigenvalue weighted by molar-refractivity contribution is 0.120. The molecule has 2 fully saturated rings. The zero-order valence-corrected chi connectivity index (χ0v) is 17.7. The SMILES string of the molecule is O=C1OC(c2ccccc2)CN1C1CCN(C(=S)NCc2ccccc2Cl)CC1. The number of halogens is 1. The van der Waals surface area contributed by atoms with Crippen LogP contribution >= 0.6 is 23.8 Å². The molecule has 1 N–H and O–H groups in total. The number of amides is 1. The Morgan fingerprint density at radius 1 is 1.10 bits per heavy atom. The lowest BCUT2D eigenvalue weighted by Crippen LogP contribution is -2.49. The number of rotatable bonds is 4. The number of carbonyl (C=O) groups is 1. The van der Waals surface area contributed by atoms with Gasteiger partial charge in [-0.05, 0) is 42.3 Å². The smallest absolute Gasteiger partial charge is 0.410 e. The van der Waals surface area contributed by atoms with Gasteiger partial charge in [-0.25, -0.2) is 4.79 Å². The molecule has 1 amide bonds. The molecule has 0 radical (unpaired) electrons. The summed E-state index contributed by atoms with van der Waals surface area (Å²) in [5, 5.41) is 4.77. The molecule has 1 atom stereocenters. The van der Waals surface area contributed by atoms with Gasteiger partial charge in [0.2, 0.25) is 0 Å². The van der Waals surface area contributed by atoms with Gasteiger partial charge in [-0.3, -0.25) is 0 Å². The van der Waals surface area contributed by atoms with Crippen LogP contribution < -0.4 is 5.32 Å². The van der Waals surface area contributed by atoms with Crippen LogP contribution in [-0.2, 0) is 11.3 Å². The molecule has 2 aliphatic rings. The van der Waals surface area contributed by atoms with Crippen LogP contribution in [0.3, 0.4) is 0 Å². The molecule has 0 aromatic heterocycles. The van der Waals surface area contributed by atoms with Crippen LogP contribution in [0.15, 0.2) is 54.6 Å². The van der Waals surface area contributed by atoms with Crippen LogP contribution in [0.2, 0.25) is 5.02 Å². The summed E-state index contributed by atoms with van der Waals surface area (Å²) in [6, 6.07) is 17.9. The van der Waals surface area contributed by atoms with E-state index in [0.717, 1.165) is 47.2 Å². The van der Waals surface area contributed by atoms with Gasteiger partial charge in [0.05, 0.1) is 6.54 Å². The molecule has 2 aliphatic heterocycles. The van der Waals surface area contributed by atoms with Gasteiger partial charge in [0.15, 0.2) is 5.11 Å². The zero-order valence-electron chi connectivity index (χ0n) is 16.1. The van der Waals surface area contributed by atoms with Gasteiger partial charge in [-0.1, -0.05) is 60.1 Å². The summed E-state index contributed by atoms with van der Waals surface area (Å²) in [5.41, 5.74) is 2.07. The lowest BCUT2D eigenvalue weighted by Gasteiger charge is -2.37. The van der Waals surface area contributed by atoms with Crippen molar-refractivity contribution in [3.05, 3.63) is 70.7 Å². The van der Waals surface area contributed by atoms with Gasteiger partial charge in [0.1, 0.15) is 6.10 Å². The molecule has 0 bridgehead atoms. The summed E-state index contributed by atoms with van der Waals surface area (Å²) in [4.78, 5) is 16.5. The normalized spacial score (nSPS) is 19.9. The Hall–Kier alpha value is -2.31. The summed E-state index contributed by atoms with van der Waals surface area (Å²) in [6.07, 6.45) is 1.37. The van der Waals surface area contributed by atoms with E-state index in [4.69, 9.17) is 28.6 Å². The van der Waals surface area contributed by atoms with Gasteiger partial charge in [-0.2, -0.15) is 0 Å². The third-order valence-electron chi connectivity index (χ3n) is 5.59. The first-order valence-corrected chi connectivity index (χ1v) is 10.7. The second kappa shape index (κ2) is 9.01. The number of nitrogens with zero attached hydrogens (tertiary/aromatic N) is 2. The number of ether oxygens (including phenoxy) is 1. The van der Waals surface area contributed by atoms with Crippen LogP contribution in [0.25, 0.3) is 0 Å². The Kier molecular flexibility index (Phi) is 6.21. The third kappa shape index (κ3) is 4.65. The number of nitrogens with one attached hydrogen (secondary N) is 1. The van der Waals surface area contributed by atoms with E-state index in [1.54, 1.807) is 0 Å². The van der Waals surface area contributed by atoms with Gasteiger partial charge in [0, 0.05) is 30.7 Å². The molecule has 0 aliphatic carbocycles. The van der Waals surface area contributed by atoms with Crippen molar-refractivity contribution in [3.63, 3.8) is 0 Å². The number of thiocarbonyl (C=S) groups is 1. The van der Waals surface area contributed by atoms with E-state index >= 15 is 0 Å². The van der Waals surface area contributed by atoms with E-state index in [-0.39, 0.29) is 18.2 Å². The van der Waals surface area contributed by atoms with Crippen molar-refractivity contribution in [2.24, 2.45) is 0 Å². The molecule has 0 spiro atoms. The van der Waals surface area contributed by atoms with Gasteiger partial charge >= 0.3 is 6.09 Å². The van der Waals surface area contributed by atoms with Gasteiger partial charge in [0.25, 0.3) is 0 Å². The Balaban J connectivity index is 1.27. The molecule has 152 valence electrons. The largest absolute Gasteiger partial charge is 0.439 e. The fourth-order valence-electron chi connectivity index (χ4n) is 3.92. The molecular formula is C22H24ClN3O2S. The summed E-state index contributed by atoms with van der Waals surface area (Å²) in [7, 11) is 0. The minimum Gasteiger partial charge on any atom is -0.439 e. The Morgan fingerprint density at radius 3 is 2.52 bits per heavy atom. The fraction of sp³-hybridized carbons (Fsp3) is 0.364. The van der Waals surface area contributed by atoms with Crippen molar-refractivity contribution in [2.45, 2.75) is 31.5 Å². The van der Waals surface area contributed by atoms with Gasteiger partial charge in [-0.15, -0.1) is 0 Å². The Morgan fingerprint density at radius 2 is 1.79 bits per heavy atom. The van der Waals surface area contributed by atoms with Crippen LogP contribution in [0, 0.1) is 0 Å². The Labute approximate surface area is 181 Å². The monoisotopic (exact) mass is 429 g/mol. The first kappa shape index (κ1) is 20.0.